The summed E-state index contributed by atoms with van der Waals surface area (Å²) in [6.45, 7) is 3.14. The molecule has 0 aliphatic rings. The summed E-state index contributed by atoms with van der Waals surface area (Å²) in [5, 5.41) is 18.0. The summed E-state index contributed by atoms with van der Waals surface area (Å²) < 4.78 is 13.7. The van der Waals surface area contributed by atoms with E-state index in [1.54, 1.807) is 12.3 Å². The van der Waals surface area contributed by atoms with Crippen LogP contribution >= 0.6 is 22.7 Å². The van der Waals surface area contributed by atoms with Crippen molar-refractivity contribution in [2.24, 2.45) is 0 Å². The number of aryl methyl sites for hydroxylation is 1. The Morgan fingerprint density at radius 1 is 1.18 bits per heavy atom. The second-order valence-corrected chi connectivity index (χ2v) is 7.45. The fourth-order valence-corrected chi connectivity index (χ4v) is 4.01. The van der Waals surface area contributed by atoms with Gasteiger partial charge in [-0.3, -0.25) is 9.59 Å². The quantitative estimate of drug-likeness (QED) is 0.654. The number of hydrogen-bond acceptors (Lipinski definition) is 8. The van der Waals surface area contributed by atoms with E-state index in [1.165, 1.54) is 24.3 Å². The lowest BCUT2D eigenvalue weighted by Gasteiger charge is -2.07. The molecule has 0 saturated heterocycles. The van der Waals surface area contributed by atoms with E-state index in [2.05, 4.69) is 20.6 Å². The number of carbonyl (C=O) groups excluding carboxylic acids is 3. The van der Waals surface area contributed by atoms with Gasteiger partial charge in [0.05, 0.1) is 22.2 Å². The van der Waals surface area contributed by atoms with Crippen molar-refractivity contribution in [2.75, 3.05) is 10.6 Å². The van der Waals surface area contributed by atoms with Gasteiger partial charge in [-0.1, -0.05) is 11.3 Å². The maximum atomic E-state index is 13.7. The summed E-state index contributed by atoms with van der Waals surface area (Å²) >= 11 is 2.32. The van der Waals surface area contributed by atoms with Crippen molar-refractivity contribution in [3.63, 3.8) is 0 Å². The number of aromatic nitrogens is 2. The molecule has 0 unspecified atom stereocenters. The Kier molecular flexibility index (Phi) is 5.47. The first-order chi connectivity index (χ1) is 13.2. The fraction of sp³-hybridized carbons (Fsp3) is 0.118. The number of aromatic carboxylic acids is 1. The summed E-state index contributed by atoms with van der Waals surface area (Å²) in [6.07, 6.45) is 0. The SMILES string of the molecule is CC(=O)Nc1nc(C)c(-c2csc(C(=O)Nc3ccc(C(=O)[O-])c(F)c3)n2)s1. The Labute approximate surface area is 166 Å². The van der Waals surface area contributed by atoms with Gasteiger partial charge in [-0.05, 0) is 25.1 Å². The molecule has 2 heterocycles. The van der Waals surface area contributed by atoms with Crippen molar-refractivity contribution in [3.8, 4) is 10.6 Å². The highest BCUT2D eigenvalue weighted by Gasteiger charge is 2.17. The molecule has 0 saturated carbocycles. The molecule has 0 bridgehead atoms. The van der Waals surface area contributed by atoms with E-state index in [-0.39, 0.29) is 16.6 Å². The van der Waals surface area contributed by atoms with Crippen LogP contribution in [0.3, 0.4) is 0 Å². The number of benzene rings is 1. The zero-order valence-electron chi connectivity index (χ0n) is 14.5. The standard InChI is InChI=1S/C17H13FN4O4S2/c1-7-13(28-17(19-7)20-8(2)23)12-6-27-15(22-12)14(24)21-9-3-4-10(16(25)26)11(18)5-9/h3-6H,1-2H3,(H,21,24)(H,25,26)(H,19,20,23)/p-1. The number of nitrogens with zero attached hydrogens (tertiary/aromatic N) is 2. The van der Waals surface area contributed by atoms with Crippen LogP contribution in [0.5, 0.6) is 0 Å². The van der Waals surface area contributed by atoms with Crippen molar-refractivity contribution in [1.29, 1.82) is 0 Å². The molecule has 0 aliphatic carbocycles. The lowest BCUT2D eigenvalue weighted by atomic mass is 10.2. The molecule has 3 rings (SSSR count). The Morgan fingerprint density at radius 3 is 2.57 bits per heavy atom. The van der Waals surface area contributed by atoms with Gasteiger partial charge >= 0.3 is 0 Å². The number of anilines is 2. The first kappa shape index (κ1) is 19.6. The molecule has 0 radical (unpaired) electrons. The van der Waals surface area contributed by atoms with Gasteiger partial charge in [-0.2, -0.15) is 0 Å². The van der Waals surface area contributed by atoms with Gasteiger partial charge < -0.3 is 20.5 Å². The van der Waals surface area contributed by atoms with Crippen molar-refractivity contribution in [3.05, 3.63) is 45.7 Å². The van der Waals surface area contributed by atoms with Gasteiger partial charge in [0.15, 0.2) is 10.1 Å². The average molecular weight is 419 g/mol. The Bertz CT molecular complexity index is 1090. The number of nitrogens with one attached hydrogen (secondary N) is 2. The van der Waals surface area contributed by atoms with Crippen LogP contribution in [0, 0.1) is 12.7 Å². The number of carboxylic acids is 1. The maximum absolute atomic E-state index is 13.7. The van der Waals surface area contributed by atoms with Gasteiger partial charge in [0.2, 0.25) is 5.91 Å². The topological polar surface area (TPSA) is 124 Å². The minimum Gasteiger partial charge on any atom is -0.545 e. The molecule has 3 aromatic rings. The zero-order valence-corrected chi connectivity index (χ0v) is 16.2. The molecule has 2 amide bonds. The predicted molar refractivity (Wildman–Crippen MR) is 101 cm³/mol. The molecule has 2 N–H and O–H groups in total. The largest absolute Gasteiger partial charge is 0.545 e. The number of halogens is 1. The monoisotopic (exact) mass is 419 g/mol. The molecule has 144 valence electrons. The highest BCUT2D eigenvalue weighted by molar-refractivity contribution is 7.19. The van der Waals surface area contributed by atoms with Crippen LogP contribution in [0.15, 0.2) is 23.6 Å². The molecule has 28 heavy (non-hydrogen) atoms. The van der Waals surface area contributed by atoms with E-state index in [0.29, 0.717) is 21.4 Å². The van der Waals surface area contributed by atoms with Crippen LogP contribution < -0.4 is 15.7 Å². The zero-order chi connectivity index (χ0) is 20.4. The number of carboxylic acid groups (broad SMARTS) is 1. The van der Waals surface area contributed by atoms with Crippen molar-refractivity contribution >= 4 is 51.3 Å². The van der Waals surface area contributed by atoms with Gasteiger partial charge in [0.25, 0.3) is 5.91 Å². The smallest absolute Gasteiger partial charge is 0.284 e. The third kappa shape index (κ3) is 4.21. The van der Waals surface area contributed by atoms with Crippen molar-refractivity contribution in [2.45, 2.75) is 13.8 Å². The number of carbonyl (C=O) groups is 3. The van der Waals surface area contributed by atoms with E-state index >= 15 is 0 Å². The van der Waals surface area contributed by atoms with Crippen LogP contribution in [-0.2, 0) is 4.79 Å². The lowest BCUT2D eigenvalue weighted by molar-refractivity contribution is -0.255. The number of thiazole rings is 2. The van der Waals surface area contributed by atoms with E-state index < -0.39 is 23.3 Å². The fourth-order valence-electron chi connectivity index (χ4n) is 2.26. The summed E-state index contributed by atoms with van der Waals surface area (Å²) in [7, 11) is 0. The minimum absolute atomic E-state index is 0.0890. The third-order valence-corrected chi connectivity index (χ3v) is 5.39. The predicted octanol–water partition coefficient (Wildman–Crippen LogP) is 2.29. The summed E-state index contributed by atoms with van der Waals surface area (Å²) in [4.78, 5) is 43.4. The van der Waals surface area contributed by atoms with Gasteiger partial charge in [0.1, 0.15) is 5.82 Å². The molecular weight excluding hydrogens is 407 g/mol. The molecule has 0 spiro atoms. The first-order valence-electron chi connectivity index (χ1n) is 7.77. The first-order valence-corrected chi connectivity index (χ1v) is 9.47. The van der Waals surface area contributed by atoms with Crippen LogP contribution in [0.4, 0.5) is 15.2 Å². The molecule has 0 atom stereocenters. The van der Waals surface area contributed by atoms with E-state index in [9.17, 15) is 23.9 Å². The Morgan fingerprint density at radius 2 is 1.93 bits per heavy atom. The maximum Gasteiger partial charge on any atom is 0.284 e. The van der Waals surface area contributed by atoms with Crippen LogP contribution in [-0.4, -0.2) is 27.8 Å². The number of rotatable bonds is 5. The van der Waals surface area contributed by atoms with Crippen LogP contribution in [0.2, 0.25) is 0 Å². The highest BCUT2D eigenvalue weighted by Crippen LogP contribution is 2.33. The molecule has 1 aromatic carbocycles. The number of amides is 2. The normalized spacial score (nSPS) is 10.5. The van der Waals surface area contributed by atoms with E-state index in [0.717, 1.165) is 23.5 Å². The second-order valence-electron chi connectivity index (χ2n) is 5.59. The molecule has 2 aromatic heterocycles. The van der Waals surface area contributed by atoms with Gasteiger partial charge in [-0.15, -0.1) is 11.3 Å². The van der Waals surface area contributed by atoms with Gasteiger partial charge in [0, 0.05) is 23.6 Å². The highest BCUT2D eigenvalue weighted by atomic mass is 32.1. The third-order valence-electron chi connectivity index (χ3n) is 3.46. The van der Waals surface area contributed by atoms with Crippen LogP contribution in [0.25, 0.3) is 10.6 Å². The average Bonchev–Trinajstić information content (AvgIpc) is 3.20. The molecule has 0 fully saturated rings. The van der Waals surface area contributed by atoms with Crippen molar-refractivity contribution in [1.82, 2.24) is 9.97 Å². The van der Waals surface area contributed by atoms with Crippen LogP contribution in [0.1, 0.15) is 32.8 Å². The van der Waals surface area contributed by atoms with E-state index in [1.807, 2.05) is 0 Å². The molecule has 0 aliphatic heterocycles. The summed E-state index contributed by atoms with van der Waals surface area (Å²) in [6, 6.07) is 3.16. The van der Waals surface area contributed by atoms with E-state index in [4.69, 9.17) is 0 Å². The summed E-state index contributed by atoms with van der Waals surface area (Å²) in [5.74, 6) is -3.46. The number of hydrogen-bond donors (Lipinski definition) is 2. The lowest BCUT2D eigenvalue weighted by Crippen LogP contribution is -2.23. The molecule has 11 heteroatoms. The summed E-state index contributed by atoms with van der Waals surface area (Å²) in [5.41, 5.74) is 0.683. The van der Waals surface area contributed by atoms with Gasteiger partial charge in [-0.25, -0.2) is 14.4 Å². The Hall–Kier alpha value is -3.18. The minimum atomic E-state index is -1.64. The molecule has 8 nitrogen and oxygen atoms in total. The van der Waals surface area contributed by atoms with Crippen molar-refractivity contribution < 1.29 is 23.9 Å². The second kappa shape index (κ2) is 7.82. The Balaban J connectivity index is 1.78. The molecular formula is C17H12FN4O4S2-.